The molecule has 0 aliphatic carbocycles. The van der Waals surface area contributed by atoms with Crippen LogP contribution in [0, 0.1) is 6.92 Å². The Labute approximate surface area is 166 Å². The van der Waals surface area contributed by atoms with Gasteiger partial charge in [0.05, 0.1) is 38.9 Å². The third-order valence-electron chi connectivity index (χ3n) is 4.68. The van der Waals surface area contributed by atoms with Crippen molar-refractivity contribution in [1.29, 1.82) is 0 Å². The third kappa shape index (κ3) is 2.83. The minimum absolute atomic E-state index is 0.498. The summed E-state index contributed by atoms with van der Waals surface area (Å²) in [4.78, 5) is 0. The summed E-state index contributed by atoms with van der Waals surface area (Å²) in [7, 11) is 0. The smallest absolute Gasteiger partial charge is 0.0689 e. The molecule has 3 aromatic carbocycles. The van der Waals surface area contributed by atoms with Gasteiger partial charge in [0.2, 0.25) is 0 Å². The number of aryl methyl sites for hydroxylation is 1. The number of para-hydroxylation sites is 1. The van der Waals surface area contributed by atoms with E-state index in [1.807, 2.05) is 11.3 Å². The molecule has 0 amide bonds. The Balaban J connectivity index is 1.96. The minimum Gasteiger partial charge on any atom is -0.281 e. The molecule has 0 spiro atoms. The van der Waals surface area contributed by atoms with Gasteiger partial charge in [-0.2, -0.15) is 0 Å². The highest BCUT2D eigenvalue weighted by Crippen LogP contribution is 2.44. The number of thiophene rings is 1. The molecule has 1 aromatic heterocycles. The second kappa shape index (κ2) is 6.61. The van der Waals surface area contributed by atoms with Crippen LogP contribution < -0.4 is 3.11 Å². The van der Waals surface area contributed by atoms with Gasteiger partial charge in [0.15, 0.2) is 0 Å². The van der Waals surface area contributed by atoms with Crippen molar-refractivity contribution in [3.8, 4) is 0 Å². The fourth-order valence-corrected chi connectivity index (χ4v) is 5.66. The number of rotatable bonds is 3. The van der Waals surface area contributed by atoms with Gasteiger partial charge in [0.1, 0.15) is 0 Å². The van der Waals surface area contributed by atoms with E-state index in [2.05, 4.69) is 107 Å². The van der Waals surface area contributed by atoms with E-state index in [0.717, 1.165) is 0 Å². The number of benzene rings is 3. The highest BCUT2D eigenvalue weighted by Gasteiger charge is 2.17. The second-order valence-electron chi connectivity index (χ2n) is 6.70. The molecule has 4 aromatic rings. The molecule has 0 unspecified atom stereocenters. The molecule has 0 saturated heterocycles. The van der Waals surface area contributed by atoms with E-state index >= 15 is 0 Å². The number of halogens is 1. The molecule has 0 radical (unpaired) electrons. The normalized spacial score (nSPS) is 11.6. The van der Waals surface area contributed by atoms with E-state index in [0.29, 0.717) is 5.92 Å². The van der Waals surface area contributed by atoms with Gasteiger partial charge in [0.25, 0.3) is 0 Å². The summed E-state index contributed by atoms with van der Waals surface area (Å²) in [5.41, 5.74) is 5.28. The van der Waals surface area contributed by atoms with Crippen LogP contribution in [0.3, 0.4) is 0 Å². The van der Waals surface area contributed by atoms with Crippen LogP contribution in [0.2, 0.25) is 0 Å². The van der Waals surface area contributed by atoms with Gasteiger partial charge in [0, 0.05) is 15.5 Å². The Morgan fingerprint density at radius 1 is 0.800 bits per heavy atom. The van der Waals surface area contributed by atoms with Crippen molar-refractivity contribution in [3.63, 3.8) is 0 Å². The lowest BCUT2D eigenvalue weighted by atomic mass is 10.0. The molecule has 4 rings (SSSR count). The molecule has 0 bridgehead atoms. The van der Waals surface area contributed by atoms with Gasteiger partial charge in [-0.05, 0) is 36.1 Å². The van der Waals surface area contributed by atoms with Crippen LogP contribution >= 0.6 is 34.2 Å². The van der Waals surface area contributed by atoms with Crippen LogP contribution in [0.15, 0.2) is 60.7 Å². The molecule has 0 N–H and O–H groups in total. The fraction of sp³-hybridized carbons (Fsp3) is 0.182. The summed E-state index contributed by atoms with van der Waals surface area (Å²) >= 11 is 4.36. The number of anilines is 2. The predicted molar refractivity (Wildman–Crippen MR) is 121 cm³/mol. The molecule has 1 nitrogen and oxygen atoms in total. The Bertz CT molecular complexity index is 1060. The second-order valence-corrected chi connectivity index (χ2v) is 8.69. The maximum absolute atomic E-state index is 2.45. The van der Waals surface area contributed by atoms with Crippen LogP contribution in [0.4, 0.5) is 11.4 Å². The lowest BCUT2D eigenvalue weighted by Gasteiger charge is -2.22. The van der Waals surface area contributed by atoms with Crippen molar-refractivity contribution in [2.24, 2.45) is 0 Å². The molecule has 0 aliphatic rings. The van der Waals surface area contributed by atoms with Gasteiger partial charge in [-0.3, -0.25) is 3.11 Å². The molecular weight excluding hydrogens is 437 g/mol. The van der Waals surface area contributed by atoms with E-state index in [9.17, 15) is 0 Å². The molecule has 1 heterocycles. The molecule has 0 atom stereocenters. The monoisotopic (exact) mass is 457 g/mol. The third-order valence-corrected chi connectivity index (χ3v) is 7.10. The average Bonchev–Trinajstić information content (AvgIpc) is 3.01. The maximum atomic E-state index is 2.45. The lowest BCUT2D eigenvalue weighted by Crippen LogP contribution is -2.05. The Morgan fingerprint density at radius 3 is 2.20 bits per heavy atom. The van der Waals surface area contributed by atoms with E-state index in [1.54, 1.807) is 0 Å². The molecule has 3 heteroatoms. The molecule has 0 fully saturated rings. The van der Waals surface area contributed by atoms with Crippen LogP contribution in [0.25, 0.3) is 20.2 Å². The van der Waals surface area contributed by atoms with Crippen molar-refractivity contribution in [3.05, 3.63) is 71.8 Å². The maximum Gasteiger partial charge on any atom is 0.0689 e. The van der Waals surface area contributed by atoms with Gasteiger partial charge in [-0.15, -0.1) is 11.3 Å². The summed E-state index contributed by atoms with van der Waals surface area (Å²) in [5.74, 6) is 0.498. The van der Waals surface area contributed by atoms with Gasteiger partial charge >= 0.3 is 0 Å². The quantitative estimate of drug-likeness (QED) is 0.223. The summed E-state index contributed by atoms with van der Waals surface area (Å²) < 4.78 is 5.08. The van der Waals surface area contributed by atoms with Crippen LogP contribution in [0.1, 0.15) is 30.9 Å². The van der Waals surface area contributed by atoms with Crippen LogP contribution in [-0.4, -0.2) is 0 Å². The highest BCUT2D eigenvalue weighted by atomic mass is 127. The van der Waals surface area contributed by atoms with Crippen molar-refractivity contribution < 1.29 is 0 Å². The largest absolute Gasteiger partial charge is 0.281 e. The Hall–Kier alpha value is -1.59. The first kappa shape index (κ1) is 16.9. The average molecular weight is 457 g/mol. The SMILES string of the molecule is Cc1cccc2c1sc1c(N(I)c3ccccc3C(C)C)cccc12. The number of hydrogen-bond donors (Lipinski definition) is 0. The minimum atomic E-state index is 0.498. The Kier molecular flexibility index (Phi) is 4.46. The summed E-state index contributed by atoms with van der Waals surface area (Å²) in [5, 5.41) is 2.72. The van der Waals surface area contributed by atoms with Gasteiger partial charge in [-0.25, -0.2) is 0 Å². The van der Waals surface area contributed by atoms with Crippen LogP contribution in [0.5, 0.6) is 0 Å². The number of nitrogens with zero attached hydrogens (tertiary/aromatic N) is 1. The van der Waals surface area contributed by atoms with E-state index in [1.165, 1.54) is 42.7 Å². The first-order chi connectivity index (χ1) is 12.1. The zero-order valence-electron chi connectivity index (χ0n) is 14.6. The topological polar surface area (TPSA) is 3.24 Å². The van der Waals surface area contributed by atoms with Crippen LogP contribution in [-0.2, 0) is 0 Å². The standard InChI is InChI=1S/C22H20INS/c1-14(2)16-9-4-5-12-19(16)24(23)20-13-7-11-18-17-10-6-8-15(3)21(17)25-22(18)20/h4-14H,1-3H3. The highest BCUT2D eigenvalue weighted by molar-refractivity contribution is 14.1. The van der Waals surface area contributed by atoms with Gasteiger partial charge in [-0.1, -0.05) is 62.4 Å². The predicted octanol–water partition coefficient (Wildman–Crippen LogP) is 7.97. The molecule has 25 heavy (non-hydrogen) atoms. The van der Waals surface area contributed by atoms with Crippen molar-refractivity contribution in [2.45, 2.75) is 26.7 Å². The van der Waals surface area contributed by atoms with E-state index < -0.39 is 0 Å². The zero-order valence-corrected chi connectivity index (χ0v) is 17.6. The number of hydrogen-bond acceptors (Lipinski definition) is 2. The zero-order chi connectivity index (χ0) is 17.6. The molecule has 0 saturated carbocycles. The van der Waals surface area contributed by atoms with E-state index in [-0.39, 0.29) is 0 Å². The first-order valence-electron chi connectivity index (χ1n) is 8.53. The molecule has 126 valence electrons. The van der Waals surface area contributed by atoms with Gasteiger partial charge < -0.3 is 0 Å². The van der Waals surface area contributed by atoms with E-state index in [4.69, 9.17) is 0 Å². The number of fused-ring (bicyclic) bond motifs is 3. The molecular formula is C22H20INS. The Morgan fingerprint density at radius 2 is 1.44 bits per heavy atom. The van der Waals surface area contributed by atoms with Crippen molar-refractivity contribution in [2.75, 3.05) is 3.11 Å². The first-order valence-corrected chi connectivity index (χ1v) is 10.3. The summed E-state index contributed by atoms with van der Waals surface area (Å²) in [6.45, 7) is 6.71. The lowest BCUT2D eigenvalue weighted by molar-refractivity contribution is 0.868. The summed E-state index contributed by atoms with van der Waals surface area (Å²) in [6, 6.07) is 22.0. The molecule has 0 aliphatic heterocycles. The van der Waals surface area contributed by atoms with Crippen molar-refractivity contribution in [1.82, 2.24) is 0 Å². The summed E-state index contributed by atoms with van der Waals surface area (Å²) in [6.07, 6.45) is 0. The fourth-order valence-electron chi connectivity index (χ4n) is 3.39. The van der Waals surface area contributed by atoms with Crippen molar-refractivity contribution >= 4 is 65.7 Å².